The van der Waals surface area contributed by atoms with Crippen molar-refractivity contribution in [1.29, 1.82) is 0 Å². The van der Waals surface area contributed by atoms with Gasteiger partial charge in [0.1, 0.15) is 5.75 Å². The Kier molecular flexibility index (Phi) is 4.92. The molecule has 1 aromatic carbocycles. The minimum absolute atomic E-state index is 0.128. The molecular weight excluding hydrogens is 256 g/mol. The molecule has 1 aromatic rings. The van der Waals surface area contributed by atoms with E-state index in [0.717, 1.165) is 0 Å². The average molecular weight is 269 g/mol. The molecule has 96 valence electrons. The Morgan fingerprint density at radius 1 is 1.28 bits per heavy atom. The summed E-state index contributed by atoms with van der Waals surface area (Å²) in [5.74, 6) is -0.193. The molecule has 4 nitrogen and oxygen atoms in total. The van der Waals surface area contributed by atoms with Crippen LogP contribution in [0.15, 0.2) is 18.2 Å². The summed E-state index contributed by atoms with van der Waals surface area (Å²) in [6.45, 7) is 1.42. The van der Waals surface area contributed by atoms with Crippen molar-refractivity contribution in [2.24, 2.45) is 0 Å². The Bertz CT molecular complexity index is 506. The van der Waals surface area contributed by atoms with E-state index in [4.69, 9.17) is 16.3 Å². The van der Waals surface area contributed by atoms with Gasteiger partial charge in [-0.15, -0.1) is 0 Å². The van der Waals surface area contributed by atoms with Gasteiger partial charge in [0.2, 0.25) is 0 Å². The number of rotatable bonds is 4. The molecule has 0 radical (unpaired) electrons. The summed E-state index contributed by atoms with van der Waals surface area (Å²) in [6, 6.07) is 3.11. The fourth-order valence-corrected chi connectivity index (χ4v) is 1.67. The molecule has 0 aliphatic rings. The van der Waals surface area contributed by atoms with Gasteiger partial charge in [0, 0.05) is 5.56 Å². The van der Waals surface area contributed by atoms with Crippen LogP contribution < -0.4 is 4.74 Å². The first-order valence-electron chi connectivity index (χ1n) is 5.14. The molecule has 0 aromatic heterocycles. The van der Waals surface area contributed by atoms with Crippen LogP contribution in [0.1, 0.15) is 22.8 Å². The van der Waals surface area contributed by atoms with Crippen LogP contribution in [0.2, 0.25) is 5.02 Å². The third-order valence-corrected chi connectivity index (χ3v) is 2.66. The Balaban J connectivity index is 3.35. The standard InChI is InChI=1S/C13H13ClO4/c1-8(15)4-5-9-11(17-2)7-6-10(12(9)14)13(16)18-3/h4-7H,1-3H3. The smallest absolute Gasteiger partial charge is 0.339 e. The molecule has 0 saturated carbocycles. The first kappa shape index (κ1) is 14.3. The maximum atomic E-state index is 11.5. The van der Waals surface area contributed by atoms with Gasteiger partial charge in [0.25, 0.3) is 0 Å². The lowest BCUT2D eigenvalue weighted by atomic mass is 10.1. The van der Waals surface area contributed by atoms with Crippen molar-refractivity contribution in [2.75, 3.05) is 14.2 Å². The Morgan fingerprint density at radius 2 is 1.94 bits per heavy atom. The van der Waals surface area contributed by atoms with E-state index in [-0.39, 0.29) is 16.4 Å². The normalized spacial score (nSPS) is 10.4. The zero-order valence-electron chi connectivity index (χ0n) is 10.3. The van der Waals surface area contributed by atoms with Gasteiger partial charge in [-0.3, -0.25) is 4.79 Å². The number of allylic oxidation sites excluding steroid dienone is 1. The fraction of sp³-hybridized carbons (Fsp3) is 0.231. The summed E-state index contributed by atoms with van der Waals surface area (Å²) in [4.78, 5) is 22.4. The van der Waals surface area contributed by atoms with Crippen molar-refractivity contribution in [1.82, 2.24) is 0 Å². The minimum atomic E-state index is -0.542. The molecule has 0 amide bonds. The van der Waals surface area contributed by atoms with Crippen molar-refractivity contribution in [3.63, 3.8) is 0 Å². The summed E-state index contributed by atoms with van der Waals surface area (Å²) >= 11 is 6.11. The van der Waals surface area contributed by atoms with Gasteiger partial charge in [-0.1, -0.05) is 11.6 Å². The number of methoxy groups -OCH3 is 2. The molecule has 0 heterocycles. The number of halogens is 1. The first-order chi connectivity index (χ1) is 8.51. The van der Waals surface area contributed by atoms with Gasteiger partial charge >= 0.3 is 5.97 Å². The predicted molar refractivity (Wildman–Crippen MR) is 69.1 cm³/mol. The van der Waals surface area contributed by atoms with E-state index < -0.39 is 5.97 Å². The van der Waals surface area contributed by atoms with Crippen LogP contribution in [-0.4, -0.2) is 26.0 Å². The number of hydrogen-bond donors (Lipinski definition) is 0. The van der Waals surface area contributed by atoms with E-state index in [9.17, 15) is 9.59 Å². The van der Waals surface area contributed by atoms with Crippen LogP contribution in [0, 0.1) is 0 Å². The number of carbonyl (C=O) groups excluding carboxylic acids is 2. The van der Waals surface area contributed by atoms with Gasteiger partial charge in [0.15, 0.2) is 5.78 Å². The van der Waals surface area contributed by atoms with Crippen LogP contribution in [0.3, 0.4) is 0 Å². The highest BCUT2D eigenvalue weighted by Crippen LogP contribution is 2.31. The monoisotopic (exact) mass is 268 g/mol. The Morgan fingerprint density at radius 3 is 2.44 bits per heavy atom. The predicted octanol–water partition coefficient (Wildman–Crippen LogP) is 2.74. The molecular formula is C13H13ClO4. The van der Waals surface area contributed by atoms with Crippen LogP contribution in [-0.2, 0) is 9.53 Å². The molecule has 18 heavy (non-hydrogen) atoms. The Labute approximate surface area is 110 Å². The summed E-state index contributed by atoms with van der Waals surface area (Å²) in [5, 5.41) is 0.193. The SMILES string of the molecule is COC(=O)c1ccc(OC)c(C=CC(C)=O)c1Cl. The molecule has 0 spiro atoms. The molecule has 0 aliphatic heterocycles. The lowest BCUT2D eigenvalue weighted by molar-refractivity contribution is -0.112. The third kappa shape index (κ3) is 3.11. The van der Waals surface area contributed by atoms with Crippen molar-refractivity contribution < 1.29 is 19.1 Å². The third-order valence-electron chi connectivity index (χ3n) is 2.25. The molecule has 0 N–H and O–H groups in total. The van der Waals surface area contributed by atoms with Crippen molar-refractivity contribution in [3.05, 3.63) is 34.4 Å². The van der Waals surface area contributed by atoms with Crippen molar-refractivity contribution in [2.45, 2.75) is 6.92 Å². The van der Waals surface area contributed by atoms with E-state index in [2.05, 4.69) is 4.74 Å². The lowest BCUT2D eigenvalue weighted by Crippen LogP contribution is -2.03. The summed E-state index contributed by atoms with van der Waals surface area (Å²) < 4.78 is 9.74. The fourth-order valence-electron chi connectivity index (χ4n) is 1.38. The second-order valence-corrected chi connectivity index (χ2v) is 3.86. The topological polar surface area (TPSA) is 52.6 Å². The largest absolute Gasteiger partial charge is 0.496 e. The highest BCUT2D eigenvalue weighted by Gasteiger charge is 2.16. The minimum Gasteiger partial charge on any atom is -0.496 e. The maximum absolute atomic E-state index is 11.5. The zero-order valence-corrected chi connectivity index (χ0v) is 11.1. The highest BCUT2D eigenvalue weighted by atomic mass is 35.5. The number of esters is 1. The van der Waals surface area contributed by atoms with Crippen molar-refractivity contribution in [3.8, 4) is 5.75 Å². The van der Waals surface area contributed by atoms with E-state index >= 15 is 0 Å². The summed E-state index contributed by atoms with van der Waals surface area (Å²) in [6.07, 6.45) is 2.86. The lowest BCUT2D eigenvalue weighted by Gasteiger charge is -2.10. The van der Waals surface area contributed by atoms with Gasteiger partial charge in [-0.05, 0) is 31.2 Å². The van der Waals surface area contributed by atoms with E-state index in [1.54, 1.807) is 6.07 Å². The molecule has 0 unspecified atom stereocenters. The molecule has 0 aliphatic carbocycles. The number of ether oxygens (including phenoxy) is 2. The van der Waals surface area contributed by atoms with Crippen LogP contribution in [0.5, 0.6) is 5.75 Å². The molecule has 0 fully saturated rings. The number of hydrogen-bond acceptors (Lipinski definition) is 4. The Hall–Kier alpha value is -1.81. The maximum Gasteiger partial charge on any atom is 0.339 e. The molecule has 0 atom stereocenters. The molecule has 1 rings (SSSR count). The van der Waals surface area contributed by atoms with E-state index in [0.29, 0.717) is 11.3 Å². The quantitative estimate of drug-likeness (QED) is 0.622. The van der Waals surface area contributed by atoms with E-state index in [1.165, 1.54) is 39.4 Å². The van der Waals surface area contributed by atoms with Gasteiger partial charge in [-0.25, -0.2) is 4.79 Å². The second kappa shape index (κ2) is 6.21. The second-order valence-electron chi connectivity index (χ2n) is 3.48. The van der Waals surface area contributed by atoms with Gasteiger partial charge in [-0.2, -0.15) is 0 Å². The number of ketones is 1. The zero-order chi connectivity index (χ0) is 13.7. The molecule has 0 bridgehead atoms. The van der Waals surface area contributed by atoms with Crippen LogP contribution in [0.25, 0.3) is 6.08 Å². The number of carbonyl (C=O) groups is 2. The van der Waals surface area contributed by atoms with Gasteiger partial charge < -0.3 is 9.47 Å². The van der Waals surface area contributed by atoms with E-state index in [1.807, 2.05) is 0 Å². The van der Waals surface area contributed by atoms with Gasteiger partial charge in [0.05, 0.1) is 24.8 Å². The highest BCUT2D eigenvalue weighted by molar-refractivity contribution is 6.35. The first-order valence-corrected chi connectivity index (χ1v) is 5.52. The van der Waals surface area contributed by atoms with Crippen LogP contribution >= 0.6 is 11.6 Å². The summed E-state index contributed by atoms with van der Waals surface area (Å²) in [7, 11) is 2.75. The molecule has 5 heteroatoms. The summed E-state index contributed by atoms with van der Waals surface area (Å²) in [5.41, 5.74) is 0.695. The van der Waals surface area contributed by atoms with Crippen LogP contribution in [0.4, 0.5) is 0 Å². The number of benzene rings is 1. The average Bonchev–Trinajstić information content (AvgIpc) is 2.35. The molecule has 0 saturated heterocycles. The van der Waals surface area contributed by atoms with Crippen molar-refractivity contribution >= 4 is 29.4 Å².